The highest BCUT2D eigenvalue weighted by molar-refractivity contribution is 5.75. The highest BCUT2D eigenvalue weighted by Crippen LogP contribution is 2.43. The Hall–Kier alpha value is -1.71. The summed E-state index contributed by atoms with van der Waals surface area (Å²) in [6.07, 6.45) is 1.05. The van der Waals surface area contributed by atoms with E-state index < -0.39 is 11.4 Å². The molecule has 1 fully saturated rings. The molecule has 0 aliphatic heterocycles. The lowest BCUT2D eigenvalue weighted by Gasteiger charge is -2.41. The summed E-state index contributed by atoms with van der Waals surface area (Å²) in [4.78, 5) is 10.9. The topological polar surface area (TPSA) is 55.8 Å². The minimum Gasteiger partial charge on any atom is -0.493 e. The van der Waals surface area contributed by atoms with Gasteiger partial charge in [0, 0.05) is 12.8 Å². The third-order valence-corrected chi connectivity index (χ3v) is 3.24. The second-order valence-electron chi connectivity index (χ2n) is 4.66. The molecule has 0 spiro atoms. The van der Waals surface area contributed by atoms with Crippen molar-refractivity contribution in [3.63, 3.8) is 0 Å². The Morgan fingerprint density at radius 3 is 2.47 bits per heavy atom. The van der Waals surface area contributed by atoms with Crippen LogP contribution in [0.4, 0.5) is 0 Å². The van der Waals surface area contributed by atoms with Crippen molar-refractivity contribution in [2.24, 2.45) is 5.41 Å². The van der Waals surface area contributed by atoms with Crippen molar-refractivity contribution in [3.8, 4) is 11.5 Å². The average Bonchev–Trinajstić information content (AvgIpc) is 2.27. The number of hydrogen-bond acceptors (Lipinski definition) is 3. The van der Waals surface area contributed by atoms with Crippen LogP contribution in [0.3, 0.4) is 0 Å². The van der Waals surface area contributed by atoms with E-state index in [1.165, 1.54) is 0 Å². The number of methoxy groups -OCH3 is 1. The Bertz CT molecular complexity index is 421. The van der Waals surface area contributed by atoms with Crippen LogP contribution in [0.5, 0.6) is 11.5 Å². The predicted molar refractivity (Wildman–Crippen MR) is 62.4 cm³/mol. The van der Waals surface area contributed by atoms with E-state index in [9.17, 15) is 4.79 Å². The maximum Gasteiger partial charge on any atom is 0.309 e. The molecule has 1 aliphatic rings. The minimum atomic E-state index is -0.752. The summed E-state index contributed by atoms with van der Waals surface area (Å²) in [5.74, 6) is 0.598. The molecule has 0 atom stereocenters. The van der Waals surface area contributed by atoms with E-state index in [2.05, 4.69) is 0 Å². The van der Waals surface area contributed by atoms with Crippen LogP contribution in [0.1, 0.15) is 19.8 Å². The summed E-state index contributed by atoms with van der Waals surface area (Å²) in [7, 11) is 1.59. The maximum atomic E-state index is 10.9. The second-order valence-corrected chi connectivity index (χ2v) is 4.66. The number of para-hydroxylation sites is 2. The van der Waals surface area contributed by atoms with E-state index in [1.54, 1.807) is 14.0 Å². The molecule has 0 radical (unpaired) electrons. The quantitative estimate of drug-likeness (QED) is 0.871. The predicted octanol–water partition coefficient (Wildman–Crippen LogP) is 2.33. The largest absolute Gasteiger partial charge is 0.493 e. The first-order chi connectivity index (χ1) is 8.05. The van der Waals surface area contributed by atoms with Crippen molar-refractivity contribution < 1.29 is 19.4 Å². The number of ether oxygens (including phenoxy) is 2. The lowest BCUT2D eigenvalue weighted by molar-refractivity contribution is -0.159. The Kier molecular flexibility index (Phi) is 2.96. The number of benzene rings is 1. The zero-order valence-electron chi connectivity index (χ0n) is 9.97. The highest BCUT2D eigenvalue weighted by Gasteiger charge is 2.48. The van der Waals surface area contributed by atoms with Gasteiger partial charge in [-0.2, -0.15) is 0 Å². The van der Waals surface area contributed by atoms with Gasteiger partial charge in [0.15, 0.2) is 11.5 Å². The monoisotopic (exact) mass is 236 g/mol. The van der Waals surface area contributed by atoms with Gasteiger partial charge in [0.2, 0.25) is 0 Å². The molecule has 4 nitrogen and oxygen atoms in total. The summed E-state index contributed by atoms with van der Waals surface area (Å²) in [5, 5.41) is 9.00. The number of carboxylic acids is 1. The van der Waals surface area contributed by atoms with E-state index in [-0.39, 0.29) is 6.10 Å². The Labute approximate surface area is 100 Å². The smallest absolute Gasteiger partial charge is 0.309 e. The van der Waals surface area contributed by atoms with E-state index in [0.717, 1.165) is 0 Å². The fourth-order valence-corrected chi connectivity index (χ4v) is 2.10. The lowest BCUT2D eigenvalue weighted by Crippen LogP contribution is -2.47. The van der Waals surface area contributed by atoms with Crippen molar-refractivity contribution in [2.75, 3.05) is 7.11 Å². The van der Waals surface area contributed by atoms with Crippen LogP contribution in [-0.4, -0.2) is 24.3 Å². The summed E-state index contributed by atoms with van der Waals surface area (Å²) in [5.41, 5.74) is -0.632. The van der Waals surface area contributed by atoms with Crippen molar-refractivity contribution >= 4 is 5.97 Å². The molecule has 0 heterocycles. The summed E-state index contributed by atoms with van der Waals surface area (Å²) < 4.78 is 10.9. The Morgan fingerprint density at radius 2 is 1.94 bits per heavy atom. The van der Waals surface area contributed by atoms with Crippen LogP contribution >= 0.6 is 0 Å². The molecule has 0 amide bonds. The third kappa shape index (κ3) is 2.20. The first-order valence-corrected chi connectivity index (χ1v) is 5.58. The minimum absolute atomic E-state index is 0.0348. The number of hydrogen-bond donors (Lipinski definition) is 1. The van der Waals surface area contributed by atoms with Crippen LogP contribution < -0.4 is 9.47 Å². The zero-order valence-corrected chi connectivity index (χ0v) is 9.97. The van der Waals surface area contributed by atoms with Gasteiger partial charge in [-0.15, -0.1) is 0 Å². The van der Waals surface area contributed by atoms with Crippen molar-refractivity contribution in [3.05, 3.63) is 24.3 Å². The molecule has 1 aliphatic carbocycles. The van der Waals surface area contributed by atoms with Gasteiger partial charge >= 0.3 is 5.97 Å². The van der Waals surface area contributed by atoms with E-state index >= 15 is 0 Å². The third-order valence-electron chi connectivity index (χ3n) is 3.24. The van der Waals surface area contributed by atoms with Gasteiger partial charge in [-0.05, 0) is 19.1 Å². The Morgan fingerprint density at radius 1 is 1.35 bits per heavy atom. The highest BCUT2D eigenvalue weighted by atomic mass is 16.5. The maximum absolute atomic E-state index is 10.9. The van der Waals surface area contributed by atoms with Crippen LogP contribution in [0.2, 0.25) is 0 Å². The van der Waals surface area contributed by atoms with E-state index in [4.69, 9.17) is 14.6 Å². The fourth-order valence-electron chi connectivity index (χ4n) is 2.10. The number of carbonyl (C=O) groups is 1. The molecule has 1 N–H and O–H groups in total. The van der Waals surface area contributed by atoms with Gasteiger partial charge < -0.3 is 14.6 Å². The molecule has 0 bridgehead atoms. The summed E-state index contributed by atoms with van der Waals surface area (Å²) in [6.45, 7) is 1.75. The van der Waals surface area contributed by atoms with Gasteiger partial charge in [0.1, 0.15) is 6.10 Å². The standard InChI is InChI=1S/C13H16O4/c1-13(12(14)15)7-9(8-13)17-11-6-4-3-5-10(11)16-2/h3-6,9H,7-8H2,1-2H3,(H,14,15). The molecule has 1 saturated carbocycles. The normalized spacial score (nSPS) is 27.1. The van der Waals surface area contributed by atoms with Crippen LogP contribution in [0.15, 0.2) is 24.3 Å². The molecule has 17 heavy (non-hydrogen) atoms. The van der Waals surface area contributed by atoms with Crippen LogP contribution in [0.25, 0.3) is 0 Å². The van der Waals surface area contributed by atoms with Gasteiger partial charge in [0.25, 0.3) is 0 Å². The number of carboxylic acid groups (broad SMARTS) is 1. The second kappa shape index (κ2) is 4.28. The van der Waals surface area contributed by atoms with Crippen molar-refractivity contribution in [2.45, 2.75) is 25.9 Å². The number of aliphatic carboxylic acids is 1. The van der Waals surface area contributed by atoms with Crippen LogP contribution in [0, 0.1) is 5.41 Å². The van der Waals surface area contributed by atoms with Gasteiger partial charge in [0.05, 0.1) is 12.5 Å². The molecular weight excluding hydrogens is 220 g/mol. The van der Waals surface area contributed by atoms with Crippen LogP contribution in [-0.2, 0) is 4.79 Å². The van der Waals surface area contributed by atoms with Crippen molar-refractivity contribution in [1.29, 1.82) is 0 Å². The lowest BCUT2D eigenvalue weighted by atomic mass is 9.68. The fraction of sp³-hybridized carbons (Fsp3) is 0.462. The molecule has 0 saturated heterocycles. The molecule has 2 rings (SSSR count). The molecule has 0 aromatic heterocycles. The van der Waals surface area contributed by atoms with Gasteiger partial charge in [-0.3, -0.25) is 4.79 Å². The molecule has 1 aromatic rings. The molecule has 92 valence electrons. The first kappa shape index (κ1) is 11.8. The molecular formula is C13H16O4. The SMILES string of the molecule is COc1ccccc1OC1CC(C)(C(=O)O)C1. The first-order valence-electron chi connectivity index (χ1n) is 5.58. The molecule has 0 unspecified atom stereocenters. The Balaban J connectivity index is 1.98. The zero-order chi connectivity index (χ0) is 12.5. The summed E-state index contributed by atoms with van der Waals surface area (Å²) >= 11 is 0. The molecule has 1 aromatic carbocycles. The van der Waals surface area contributed by atoms with Gasteiger partial charge in [-0.1, -0.05) is 12.1 Å². The number of rotatable bonds is 4. The van der Waals surface area contributed by atoms with Gasteiger partial charge in [-0.25, -0.2) is 0 Å². The van der Waals surface area contributed by atoms with Crippen molar-refractivity contribution in [1.82, 2.24) is 0 Å². The molecule has 4 heteroatoms. The van der Waals surface area contributed by atoms with E-state index in [1.807, 2.05) is 24.3 Å². The van der Waals surface area contributed by atoms with E-state index in [0.29, 0.717) is 24.3 Å². The average molecular weight is 236 g/mol. The summed E-state index contributed by atoms with van der Waals surface area (Å²) in [6, 6.07) is 7.39.